The van der Waals surface area contributed by atoms with E-state index in [1.165, 1.54) is 18.4 Å². The molecule has 2 saturated carbocycles. The molecule has 1 saturated heterocycles. The third-order valence-electron chi connectivity index (χ3n) is 8.33. The molecule has 3 fully saturated rings. The van der Waals surface area contributed by atoms with Crippen LogP contribution >= 0.6 is 0 Å². The topological polar surface area (TPSA) is 32.8 Å². The van der Waals surface area contributed by atoms with Crippen molar-refractivity contribution in [1.82, 2.24) is 0 Å². The van der Waals surface area contributed by atoms with Crippen molar-refractivity contribution in [3.05, 3.63) is 36.5 Å². The largest absolute Gasteiger partial charge is 0.393 e. The van der Waals surface area contributed by atoms with Gasteiger partial charge in [0.15, 0.2) is 0 Å². The molecule has 0 spiro atoms. The molecular weight excluding hydrogens is 284 g/mol. The summed E-state index contributed by atoms with van der Waals surface area (Å²) < 4.78 is 6.07. The molecule has 1 heterocycles. The Labute approximate surface area is 139 Å². The maximum Gasteiger partial charge on any atom is 0.122 e. The van der Waals surface area contributed by atoms with E-state index in [0.717, 1.165) is 25.2 Å². The molecule has 5 aliphatic rings. The molecule has 4 aliphatic carbocycles. The summed E-state index contributed by atoms with van der Waals surface area (Å²) in [5.74, 6) is 2.06. The zero-order chi connectivity index (χ0) is 16.0. The molecular formula is C21H28O2. The predicted octanol–water partition coefficient (Wildman–Crippen LogP) is 4.02. The Morgan fingerprint density at radius 1 is 1.39 bits per heavy atom. The van der Waals surface area contributed by atoms with Crippen molar-refractivity contribution in [1.29, 1.82) is 0 Å². The van der Waals surface area contributed by atoms with E-state index >= 15 is 0 Å². The van der Waals surface area contributed by atoms with Crippen molar-refractivity contribution >= 4 is 0 Å². The summed E-state index contributed by atoms with van der Waals surface area (Å²) in [6.45, 7) is 8.93. The first-order valence-electron chi connectivity index (χ1n) is 9.33. The summed E-state index contributed by atoms with van der Waals surface area (Å²) >= 11 is 0. The molecule has 5 rings (SSSR count). The highest BCUT2D eigenvalue weighted by atomic mass is 16.6. The lowest BCUT2D eigenvalue weighted by Gasteiger charge is -2.55. The van der Waals surface area contributed by atoms with Gasteiger partial charge < -0.3 is 9.84 Å². The SMILES string of the molecule is C=C[C@@]12OC1C[C@H]1[C@@H]3CC=C4C[C@@H](O)CC[C@]4(C)[C@H]3C=C[C@@]12C. The second-order valence-corrected chi connectivity index (χ2v) is 9.06. The van der Waals surface area contributed by atoms with E-state index in [-0.39, 0.29) is 22.5 Å². The number of hydrogen-bond donors (Lipinski definition) is 1. The van der Waals surface area contributed by atoms with Gasteiger partial charge in [0.25, 0.3) is 0 Å². The molecule has 0 aromatic heterocycles. The average molecular weight is 312 g/mol. The first-order valence-corrected chi connectivity index (χ1v) is 9.33. The lowest BCUT2D eigenvalue weighted by atomic mass is 9.49. The van der Waals surface area contributed by atoms with Gasteiger partial charge in [-0.3, -0.25) is 0 Å². The summed E-state index contributed by atoms with van der Waals surface area (Å²) in [7, 11) is 0. The van der Waals surface area contributed by atoms with E-state index in [0.29, 0.717) is 17.9 Å². The highest BCUT2D eigenvalue weighted by Crippen LogP contribution is 2.71. The number of aliphatic hydroxyl groups is 1. The lowest BCUT2D eigenvalue weighted by molar-refractivity contribution is -0.00139. The van der Waals surface area contributed by atoms with E-state index in [4.69, 9.17) is 4.74 Å². The van der Waals surface area contributed by atoms with Crippen LogP contribution in [0.1, 0.15) is 46.0 Å². The molecule has 124 valence electrons. The molecule has 0 aromatic carbocycles. The van der Waals surface area contributed by atoms with Crippen molar-refractivity contribution in [2.24, 2.45) is 28.6 Å². The van der Waals surface area contributed by atoms with E-state index in [1.807, 2.05) is 0 Å². The Morgan fingerprint density at radius 2 is 2.22 bits per heavy atom. The Balaban J connectivity index is 1.56. The van der Waals surface area contributed by atoms with Gasteiger partial charge in [0.2, 0.25) is 0 Å². The van der Waals surface area contributed by atoms with Crippen LogP contribution in [0.3, 0.4) is 0 Å². The number of rotatable bonds is 1. The van der Waals surface area contributed by atoms with Crippen molar-refractivity contribution in [3.63, 3.8) is 0 Å². The van der Waals surface area contributed by atoms with E-state index < -0.39 is 0 Å². The molecule has 0 amide bonds. The van der Waals surface area contributed by atoms with Crippen LogP contribution in [0.4, 0.5) is 0 Å². The normalized spacial score (nSPS) is 59.3. The van der Waals surface area contributed by atoms with Crippen molar-refractivity contribution in [2.45, 2.75) is 63.8 Å². The van der Waals surface area contributed by atoms with Crippen molar-refractivity contribution < 1.29 is 9.84 Å². The molecule has 0 bridgehead atoms. The van der Waals surface area contributed by atoms with Crippen LogP contribution in [-0.2, 0) is 4.74 Å². The molecule has 0 radical (unpaired) electrons. The number of fused-ring (bicyclic) bond motifs is 7. The Kier molecular flexibility index (Phi) is 2.65. The summed E-state index contributed by atoms with van der Waals surface area (Å²) in [6, 6.07) is 0. The second kappa shape index (κ2) is 4.21. The molecule has 1 N–H and O–H groups in total. The van der Waals surface area contributed by atoms with Gasteiger partial charge in [-0.1, -0.05) is 43.7 Å². The van der Waals surface area contributed by atoms with Crippen LogP contribution in [0.15, 0.2) is 36.5 Å². The molecule has 23 heavy (non-hydrogen) atoms. The van der Waals surface area contributed by atoms with E-state index in [9.17, 15) is 5.11 Å². The van der Waals surface area contributed by atoms with Gasteiger partial charge >= 0.3 is 0 Å². The standard InChI is InChI=1S/C21H28O2/c1-4-21-18(23-21)12-17-15-6-5-13-11-14(22)7-9-19(13,2)16(15)8-10-20(17,21)3/h4-5,8,10,14-18,22H,1,6-7,9,11-12H2,2-3H3/t14-,15+,16-,17-,18?,19-,20-,21+/m0/s1. The zero-order valence-corrected chi connectivity index (χ0v) is 14.3. The number of allylic oxidation sites excluding steroid dienone is 2. The molecule has 8 atom stereocenters. The van der Waals surface area contributed by atoms with Gasteiger partial charge in [-0.15, -0.1) is 6.58 Å². The summed E-state index contributed by atoms with van der Waals surface area (Å²) in [5.41, 5.74) is 1.81. The molecule has 2 nitrogen and oxygen atoms in total. The smallest absolute Gasteiger partial charge is 0.122 e. The highest BCUT2D eigenvalue weighted by Gasteiger charge is 2.74. The third kappa shape index (κ3) is 1.53. The zero-order valence-electron chi connectivity index (χ0n) is 14.3. The summed E-state index contributed by atoms with van der Waals surface area (Å²) in [6.07, 6.45) is 15.1. The minimum atomic E-state index is -0.125. The van der Waals surface area contributed by atoms with Gasteiger partial charge in [-0.25, -0.2) is 0 Å². The van der Waals surface area contributed by atoms with Gasteiger partial charge in [-0.05, 0) is 55.3 Å². The number of aliphatic hydroxyl groups excluding tert-OH is 1. The molecule has 0 aromatic rings. The van der Waals surface area contributed by atoms with Crippen LogP contribution in [0.5, 0.6) is 0 Å². The van der Waals surface area contributed by atoms with Gasteiger partial charge in [-0.2, -0.15) is 0 Å². The number of epoxide rings is 1. The monoisotopic (exact) mass is 312 g/mol. The molecule has 1 unspecified atom stereocenters. The van der Waals surface area contributed by atoms with Crippen LogP contribution in [0.2, 0.25) is 0 Å². The van der Waals surface area contributed by atoms with Gasteiger partial charge in [0.05, 0.1) is 12.2 Å². The van der Waals surface area contributed by atoms with Gasteiger partial charge in [0.1, 0.15) is 5.60 Å². The highest BCUT2D eigenvalue weighted by molar-refractivity contribution is 5.38. The second-order valence-electron chi connectivity index (χ2n) is 9.06. The maximum absolute atomic E-state index is 10.1. The average Bonchev–Trinajstić information content (AvgIpc) is 3.20. The third-order valence-corrected chi connectivity index (χ3v) is 8.33. The van der Waals surface area contributed by atoms with Gasteiger partial charge in [0, 0.05) is 5.41 Å². The Hall–Kier alpha value is -0.860. The fourth-order valence-corrected chi connectivity index (χ4v) is 6.82. The fraction of sp³-hybridized carbons (Fsp3) is 0.714. The maximum atomic E-state index is 10.1. The van der Waals surface area contributed by atoms with Crippen molar-refractivity contribution in [2.75, 3.05) is 0 Å². The van der Waals surface area contributed by atoms with E-state index in [2.05, 4.69) is 44.7 Å². The van der Waals surface area contributed by atoms with Crippen LogP contribution < -0.4 is 0 Å². The van der Waals surface area contributed by atoms with Crippen LogP contribution in [0.25, 0.3) is 0 Å². The molecule has 2 heteroatoms. The van der Waals surface area contributed by atoms with Crippen LogP contribution in [-0.4, -0.2) is 22.9 Å². The van der Waals surface area contributed by atoms with E-state index in [1.54, 1.807) is 0 Å². The van der Waals surface area contributed by atoms with Crippen molar-refractivity contribution in [3.8, 4) is 0 Å². The number of ether oxygens (including phenoxy) is 1. The van der Waals surface area contributed by atoms with Crippen LogP contribution in [0, 0.1) is 28.6 Å². The lowest BCUT2D eigenvalue weighted by Crippen LogP contribution is -2.50. The summed E-state index contributed by atoms with van der Waals surface area (Å²) in [4.78, 5) is 0. The quantitative estimate of drug-likeness (QED) is 0.586. The fourth-order valence-electron chi connectivity index (χ4n) is 6.82. The summed E-state index contributed by atoms with van der Waals surface area (Å²) in [5, 5.41) is 10.1. The Bertz CT molecular complexity index is 634. The minimum Gasteiger partial charge on any atom is -0.393 e. The number of hydrogen-bond acceptors (Lipinski definition) is 2. The Morgan fingerprint density at radius 3 is 3.00 bits per heavy atom. The minimum absolute atomic E-state index is 0.0905. The predicted molar refractivity (Wildman–Crippen MR) is 90.8 cm³/mol. The first-order chi connectivity index (χ1) is 10.9. The first kappa shape index (κ1) is 14.5. The molecule has 1 aliphatic heterocycles.